The SMILES string of the molecule is CCCNC(=O)CN(C)C(=O)CNC(=O)c1cccs1. The molecule has 0 saturated carbocycles. The highest BCUT2D eigenvalue weighted by Gasteiger charge is 2.14. The maximum absolute atomic E-state index is 11.8. The molecule has 1 rings (SSSR count). The van der Waals surface area contributed by atoms with E-state index in [1.807, 2.05) is 6.92 Å². The van der Waals surface area contributed by atoms with Crippen LogP contribution >= 0.6 is 11.3 Å². The number of carbonyl (C=O) groups is 3. The van der Waals surface area contributed by atoms with Gasteiger partial charge in [-0.3, -0.25) is 14.4 Å². The van der Waals surface area contributed by atoms with Crippen molar-refractivity contribution in [1.29, 1.82) is 0 Å². The van der Waals surface area contributed by atoms with Crippen LogP contribution in [0.4, 0.5) is 0 Å². The van der Waals surface area contributed by atoms with Crippen molar-refractivity contribution in [2.45, 2.75) is 13.3 Å². The predicted molar refractivity (Wildman–Crippen MR) is 77.6 cm³/mol. The molecular weight excluding hydrogens is 278 g/mol. The number of thiophene rings is 1. The van der Waals surface area contributed by atoms with E-state index in [1.165, 1.54) is 23.3 Å². The summed E-state index contributed by atoms with van der Waals surface area (Å²) < 4.78 is 0. The average Bonchev–Trinajstić information content (AvgIpc) is 2.96. The van der Waals surface area contributed by atoms with E-state index in [-0.39, 0.29) is 30.8 Å². The van der Waals surface area contributed by atoms with Crippen molar-refractivity contribution in [3.8, 4) is 0 Å². The van der Waals surface area contributed by atoms with E-state index in [1.54, 1.807) is 17.5 Å². The highest BCUT2D eigenvalue weighted by Crippen LogP contribution is 2.07. The Balaban J connectivity index is 2.31. The first kappa shape index (κ1) is 16.2. The van der Waals surface area contributed by atoms with E-state index in [4.69, 9.17) is 0 Å². The van der Waals surface area contributed by atoms with Crippen LogP contribution in [-0.4, -0.2) is 49.3 Å². The summed E-state index contributed by atoms with van der Waals surface area (Å²) in [5.74, 6) is -0.786. The predicted octanol–water partition coefficient (Wildman–Crippen LogP) is 0.462. The summed E-state index contributed by atoms with van der Waals surface area (Å²) in [6.07, 6.45) is 0.847. The van der Waals surface area contributed by atoms with Crippen molar-refractivity contribution in [3.63, 3.8) is 0 Å². The highest BCUT2D eigenvalue weighted by atomic mass is 32.1. The Morgan fingerprint density at radius 1 is 1.30 bits per heavy atom. The molecule has 0 aliphatic rings. The lowest BCUT2D eigenvalue weighted by atomic mass is 10.4. The fraction of sp³-hybridized carbons (Fsp3) is 0.462. The molecule has 110 valence electrons. The number of hydrogen-bond acceptors (Lipinski definition) is 4. The first-order valence-electron chi connectivity index (χ1n) is 6.37. The molecule has 2 N–H and O–H groups in total. The van der Waals surface area contributed by atoms with E-state index in [0.29, 0.717) is 11.4 Å². The van der Waals surface area contributed by atoms with Gasteiger partial charge in [-0.05, 0) is 17.9 Å². The van der Waals surface area contributed by atoms with Gasteiger partial charge in [-0.25, -0.2) is 0 Å². The zero-order valence-electron chi connectivity index (χ0n) is 11.6. The van der Waals surface area contributed by atoms with Crippen LogP contribution in [0.25, 0.3) is 0 Å². The topological polar surface area (TPSA) is 78.5 Å². The molecule has 0 saturated heterocycles. The van der Waals surface area contributed by atoms with E-state index in [9.17, 15) is 14.4 Å². The smallest absolute Gasteiger partial charge is 0.261 e. The molecular formula is C13H19N3O3S. The number of hydrogen-bond donors (Lipinski definition) is 2. The summed E-state index contributed by atoms with van der Waals surface area (Å²) in [5.41, 5.74) is 0. The van der Waals surface area contributed by atoms with Crippen molar-refractivity contribution in [2.75, 3.05) is 26.7 Å². The van der Waals surface area contributed by atoms with Crippen LogP contribution in [0, 0.1) is 0 Å². The van der Waals surface area contributed by atoms with Crippen molar-refractivity contribution in [1.82, 2.24) is 15.5 Å². The number of amides is 3. The fourth-order valence-corrected chi connectivity index (χ4v) is 2.05. The molecule has 0 spiro atoms. The third kappa shape index (κ3) is 5.40. The van der Waals surface area contributed by atoms with Crippen molar-refractivity contribution in [2.24, 2.45) is 0 Å². The normalized spacial score (nSPS) is 9.90. The molecule has 0 radical (unpaired) electrons. The van der Waals surface area contributed by atoms with Gasteiger partial charge in [-0.15, -0.1) is 11.3 Å². The lowest BCUT2D eigenvalue weighted by Gasteiger charge is -2.16. The number of nitrogens with zero attached hydrogens (tertiary/aromatic N) is 1. The number of nitrogens with one attached hydrogen (secondary N) is 2. The Morgan fingerprint density at radius 3 is 2.65 bits per heavy atom. The second kappa shape index (κ2) is 8.31. The Hall–Kier alpha value is -1.89. The number of carbonyl (C=O) groups excluding carboxylic acids is 3. The zero-order chi connectivity index (χ0) is 15.0. The first-order chi connectivity index (χ1) is 9.54. The van der Waals surface area contributed by atoms with Gasteiger partial charge in [0.25, 0.3) is 5.91 Å². The quantitative estimate of drug-likeness (QED) is 0.767. The minimum absolute atomic E-state index is 0.00624. The lowest BCUT2D eigenvalue weighted by molar-refractivity contribution is -0.133. The van der Waals surface area contributed by atoms with Crippen LogP contribution in [0.15, 0.2) is 17.5 Å². The molecule has 6 nitrogen and oxygen atoms in total. The average molecular weight is 297 g/mol. The second-order valence-corrected chi connectivity index (χ2v) is 5.21. The van der Waals surface area contributed by atoms with Gasteiger partial charge in [-0.1, -0.05) is 13.0 Å². The molecule has 0 aliphatic heterocycles. The largest absolute Gasteiger partial charge is 0.355 e. The standard InChI is InChI=1S/C13H19N3O3S/c1-3-6-14-11(17)9-16(2)12(18)8-15-13(19)10-5-4-7-20-10/h4-5,7H,3,6,8-9H2,1-2H3,(H,14,17)(H,15,19). The van der Waals surface area contributed by atoms with E-state index < -0.39 is 0 Å². The van der Waals surface area contributed by atoms with E-state index in [2.05, 4.69) is 10.6 Å². The van der Waals surface area contributed by atoms with Crippen LogP contribution in [0.1, 0.15) is 23.0 Å². The van der Waals surface area contributed by atoms with Crippen LogP contribution in [0.5, 0.6) is 0 Å². The molecule has 0 fully saturated rings. The Labute approximate surface area is 122 Å². The van der Waals surface area contributed by atoms with Gasteiger partial charge in [0.05, 0.1) is 18.0 Å². The number of rotatable bonds is 7. The molecule has 3 amide bonds. The lowest BCUT2D eigenvalue weighted by Crippen LogP contribution is -2.43. The Kier molecular flexibility index (Phi) is 6.72. The monoisotopic (exact) mass is 297 g/mol. The molecule has 0 unspecified atom stereocenters. The minimum atomic E-state index is -0.304. The summed E-state index contributed by atoms with van der Waals surface area (Å²) in [6.45, 7) is 2.42. The Bertz CT molecular complexity index is 459. The molecule has 1 heterocycles. The van der Waals surface area contributed by atoms with Crippen LogP contribution in [0.3, 0.4) is 0 Å². The van der Waals surface area contributed by atoms with Crippen LogP contribution < -0.4 is 10.6 Å². The first-order valence-corrected chi connectivity index (χ1v) is 7.25. The molecule has 1 aromatic rings. The van der Waals surface area contributed by atoms with Gasteiger partial charge in [0, 0.05) is 13.6 Å². The maximum Gasteiger partial charge on any atom is 0.261 e. The van der Waals surface area contributed by atoms with Crippen molar-refractivity contribution >= 4 is 29.1 Å². The van der Waals surface area contributed by atoms with Gasteiger partial charge in [0.2, 0.25) is 11.8 Å². The summed E-state index contributed by atoms with van der Waals surface area (Å²) in [5, 5.41) is 7.01. The Morgan fingerprint density at radius 2 is 2.05 bits per heavy atom. The minimum Gasteiger partial charge on any atom is -0.355 e. The highest BCUT2D eigenvalue weighted by molar-refractivity contribution is 7.12. The van der Waals surface area contributed by atoms with Gasteiger partial charge in [0.1, 0.15) is 0 Å². The molecule has 20 heavy (non-hydrogen) atoms. The summed E-state index contributed by atoms with van der Waals surface area (Å²) in [6, 6.07) is 3.46. The molecule has 7 heteroatoms. The third-order valence-corrected chi connectivity index (χ3v) is 3.39. The van der Waals surface area contributed by atoms with Crippen molar-refractivity contribution in [3.05, 3.63) is 22.4 Å². The third-order valence-electron chi connectivity index (χ3n) is 2.52. The van der Waals surface area contributed by atoms with Gasteiger partial charge in [0.15, 0.2) is 0 Å². The van der Waals surface area contributed by atoms with E-state index in [0.717, 1.165) is 6.42 Å². The molecule has 0 aromatic carbocycles. The van der Waals surface area contributed by atoms with Gasteiger partial charge in [-0.2, -0.15) is 0 Å². The summed E-state index contributed by atoms with van der Waals surface area (Å²) in [7, 11) is 1.53. The molecule has 0 aliphatic carbocycles. The molecule has 1 aromatic heterocycles. The van der Waals surface area contributed by atoms with Crippen LogP contribution in [0.2, 0.25) is 0 Å². The van der Waals surface area contributed by atoms with Gasteiger partial charge >= 0.3 is 0 Å². The molecule has 0 bridgehead atoms. The van der Waals surface area contributed by atoms with Crippen LogP contribution in [-0.2, 0) is 9.59 Å². The summed E-state index contributed by atoms with van der Waals surface area (Å²) in [4.78, 5) is 36.7. The summed E-state index contributed by atoms with van der Waals surface area (Å²) >= 11 is 1.31. The second-order valence-electron chi connectivity index (χ2n) is 4.26. The molecule has 0 atom stereocenters. The van der Waals surface area contributed by atoms with E-state index >= 15 is 0 Å². The fourth-order valence-electron chi connectivity index (χ4n) is 1.41. The van der Waals surface area contributed by atoms with Gasteiger partial charge < -0.3 is 15.5 Å². The number of likely N-dealkylation sites (N-methyl/N-ethyl adjacent to an activating group) is 1. The van der Waals surface area contributed by atoms with Crippen molar-refractivity contribution < 1.29 is 14.4 Å². The maximum atomic E-state index is 11.8. The zero-order valence-corrected chi connectivity index (χ0v) is 12.5.